The lowest BCUT2D eigenvalue weighted by Crippen LogP contribution is -2.23. The lowest BCUT2D eigenvalue weighted by molar-refractivity contribution is -0.118. The maximum absolute atomic E-state index is 11.8. The van der Waals surface area contributed by atoms with Crippen molar-refractivity contribution in [3.8, 4) is 0 Å². The van der Waals surface area contributed by atoms with Crippen molar-refractivity contribution in [2.45, 2.75) is 6.92 Å². The zero-order valence-electron chi connectivity index (χ0n) is 7.86. The van der Waals surface area contributed by atoms with Crippen LogP contribution in [-0.2, 0) is 4.79 Å². The number of allylic oxidation sites excluding steroid dienone is 1. The summed E-state index contributed by atoms with van der Waals surface area (Å²) in [5.74, 6) is -0.763. The van der Waals surface area contributed by atoms with Gasteiger partial charge in [-0.3, -0.25) is 9.59 Å². The van der Waals surface area contributed by atoms with E-state index in [1.54, 1.807) is 12.1 Å². The first-order chi connectivity index (χ1) is 6.70. The molecule has 1 atom stereocenters. The van der Waals surface area contributed by atoms with Crippen LogP contribution < -0.4 is 0 Å². The highest BCUT2D eigenvalue weighted by molar-refractivity contribution is 6.15. The van der Waals surface area contributed by atoms with E-state index in [9.17, 15) is 9.59 Å². The van der Waals surface area contributed by atoms with E-state index in [0.29, 0.717) is 5.56 Å². The van der Waals surface area contributed by atoms with Crippen molar-refractivity contribution in [3.05, 3.63) is 41.5 Å². The molecule has 0 amide bonds. The van der Waals surface area contributed by atoms with Crippen LogP contribution in [0, 0.1) is 5.92 Å². The Labute approximate surface area is 82.2 Å². The van der Waals surface area contributed by atoms with Crippen LogP contribution in [-0.4, -0.2) is 11.6 Å². The highest BCUT2D eigenvalue weighted by Crippen LogP contribution is 2.22. The Morgan fingerprint density at radius 2 is 2.00 bits per heavy atom. The van der Waals surface area contributed by atoms with E-state index in [-0.39, 0.29) is 11.6 Å². The maximum Gasteiger partial charge on any atom is 0.177 e. The Balaban J connectivity index is 2.50. The van der Waals surface area contributed by atoms with Crippen LogP contribution in [0.3, 0.4) is 0 Å². The number of fused-ring (bicyclic) bond motifs is 1. The first kappa shape index (κ1) is 8.88. The normalized spacial score (nSPS) is 19.2. The average molecular weight is 186 g/mol. The Morgan fingerprint density at radius 3 is 2.71 bits per heavy atom. The van der Waals surface area contributed by atoms with Crippen LogP contribution in [0.1, 0.15) is 22.8 Å². The Kier molecular flexibility index (Phi) is 2.04. The minimum Gasteiger partial charge on any atom is -0.299 e. The molecule has 0 aliphatic heterocycles. The van der Waals surface area contributed by atoms with Crippen LogP contribution in [0.15, 0.2) is 30.3 Å². The molecule has 0 aromatic heterocycles. The van der Waals surface area contributed by atoms with Crippen LogP contribution >= 0.6 is 0 Å². The number of rotatable bonds is 1. The minimum absolute atomic E-state index is 0.0874. The number of carbonyl (C=O) groups is 2. The van der Waals surface area contributed by atoms with Crippen LogP contribution in [0.25, 0.3) is 6.08 Å². The molecule has 2 rings (SSSR count). The van der Waals surface area contributed by atoms with Gasteiger partial charge in [-0.05, 0) is 12.5 Å². The molecule has 70 valence electrons. The molecule has 1 aromatic rings. The van der Waals surface area contributed by atoms with Crippen molar-refractivity contribution >= 4 is 17.6 Å². The van der Waals surface area contributed by atoms with Crippen molar-refractivity contribution in [3.63, 3.8) is 0 Å². The van der Waals surface area contributed by atoms with Gasteiger partial charge in [-0.15, -0.1) is 0 Å². The highest BCUT2D eigenvalue weighted by atomic mass is 16.1. The number of benzene rings is 1. The molecule has 0 heterocycles. The molecule has 0 fully saturated rings. The SMILES string of the molecule is CC(=O)[C@@H]1C=Cc2ccccc2C1=O. The summed E-state index contributed by atoms with van der Waals surface area (Å²) in [6, 6.07) is 7.33. The van der Waals surface area contributed by atoms with E-state index in [0.717, 1.165) is 5.56 Å². The highest BCUT2D eigenvalue weighted by Gasteiger charge is 2.26. The van der Waals surface area contributed by atoms with Gasteiger partial charge in [0, 0.05) is 5.56 Å². The van der Waals surface area contributed by atoms with Gasteiger partial charge in [-0.25, -0.2) is 0 Å². The number of carbonyl (C=O) groups excluding carboxylic acids is 2. The zero-order chi connectivity index (χ0) is 10.1. The van der Waals surface area contributed by atoms with Gasteiger partial charge in [0.05, 0.1) is 5.92 Å². The van der Waals surface area contributed by atoms with Gasteiger partial charge in [-0.2, -0.15) is 0 Å². The zero-order valence-corrected chi connectivity index (χ0v) is 7.86. The first-order valence-electron chi connectivity index (χ1n) is 4.52. The van der Waals surface area contributed by atoms with Crippen LogP contribution in [0.5, 0.6) is 0 Å². The molecule has 2 nitrogen and oxygen atoms in total. The summed E-state index contributed by atoms with van der Waals surface area (Å²) in [6.07, 6.45) is 3.51. The topological polar surface area (TPSA) is 34.1 Å². The summed E-state index contributed by atoms with van der Waals surface area (Å²) in [5.41, 5.74) is 1.55. The molecule has 0 saturated heterocycles. The fraction of sp³-hybridized carbons (Fsp3) is 0.167. The van der Waals surface area contributed by atoms with Gasteiger partial charge >= 0.3 is 0 Å². The van der Waals surface area contributed by atoms with E-state index >= 15 is 0 Å². The largest absolute Gasteiger partial charge is 0.299 e. The van der Waals surface area contributed by atoms with E-state index in [1.165, 1.54) is 6.92 Å². The smallest absolute Gasteiger partial charge is 0.177 e. The monoisotopic (exact) mass is 186 g/mol. The maximum atomic E-state index is 11.8. The van der Waals surface area contributed by atoms with E-state index < -0.39 is 5.92 Å². The van der Waals surface area contributed by atoms with Gasteiger partial charge in [0.2, 0.25) is 0 Å². The Hall–Kier alpha value is -1.70. The molecule has 14 heavy (non-hydrogen) atoms. The van der Waals surface area contributed by atoms with Crippen molar-refractivity contribution in [2.75, 3.05) is 0 Å². The molecule has 1 aromatic carbocycles. The molecule has 0 N–H and O–H groups in total. The molecule has 0 radical (unpaired) electrons. The lowest BCUT2D eigenvalue weighted by atomic mass is 9.86. The van der Waals surface area contributed by atoms with Crippen LogP contribution in [0.2, 0.25) is 0 Å². The number of hydrogen-bond donors (Lipinski definition) is 0. The third-order valence-electron chi connectivity index (χ3n) is 2.41. The van der Waals surface area contributed by atoms with Crippen molar-refractivity contribution < 1.29 is 9.59 Å². The second-order valence-electron chi connectivity index (χ2n) is 3.40. The van der Waals surface area contributed by atoms with E-state index in [1.807, 2.05) is 24.3 Å². The standard InChI is InChI=1S/C12H10O2/c1-8(13)10-7-6-9-4-2-3-5-11(9)12(10)14/h2-7,10H,1H3/t10-/m0/s1. The predicted octanol–water partition coefficient (Wildman–Crippen LogP) is 2.10. The fourth-order valence-corrected chi connectivity index (χ4v) is 1.64. The van der Waals surface area contributed by atoms with Gasteiger partial charge < -0.3 is 0 Å². The number of Topliss-reactive ketones (excluding diaryl/α,β-unsaturated/α-hetero) is 2. The average Bonchev–Trinajstić information content (AvgIpc) is 2.18. The lowest BCUT2D eigenvalue weighted by Gasteiger charge is -2.15. The summed E-state index contributed by atoms with van der Waals surface area (Å²) in [5, 5.41) is 0. The fourth-order valence-electron chi connectivity index (χ4n) is 1.64. The molecule has 1 aliphatic carbocycles. The molecular formula is C12H10O2. The Bertz CT molecular complexity index is 430. The van der Waals surface area contributed by atoms with Gasteiger partial charge in [0.25, 0.3) is 0 Å². The van der Waals surface area contributed by atoms with Gasteiger partial charge in [0.1, 0.15) is 5.78 Å². The molecule has 0 saturated carbocycles. The van der Waals surface area contributed by atoms with Gasteiger partial charge in [-0.1, -0.05) is 36.4 Å². The molecule has 0 bridgehead atoms. The first-order valence-corrected chi connectivity index (χ1v) is 4.52. The van der Waals surface area contributed by atoms with Crippen molar-refractivity contribution in [1.82, 2.24) is 0 Å². The van der Waals surface area contributed by atoms with Crippen LogP contribution in [0.4, 0.5) is 0 Å². The summed E-state index contributed by atoms with van der Waals surface area (Å²) < 4.78 is 0. The Morgan fingerprint density at radius 1 is 1.29 bits per heavy atom. The minimum atomic E-state index is -0.579. The summed E-state index contributed by atoms with van der Waals surface area (Å²) in [6.45, 7) is 1.45. The second kappa shape index (κ2) is 3.22. The second-order valence-corrected chi connectivity index (χ2v) is 3.40. The summed E-state index contributed by atoms with van der Waals surface area (Å²) >= 11 is 0. The van der Waals surface area contributed by atoms with Crippen molar-refractivity contribution in [2.24, 2.45) is 5.92 Å². The molecular weight excluding hydrogens is 176 g/mol. The molecule has 0 unspecified atom stereocenters. The quantitative estimate of drug-likeness (QED) is 0.629. The summed E-state index contributed by atoms with van der Waals surface area (Å²) in [4.78, 5) is 22.9. The number of hydrogen-bond acceptors (Lipinski definition) is 2. The number of ketones is 2. The van der Waals surface area contributed by atoms with E-state index in [4.69, 9.17) is 0 Å². The molecule has 2 heteroatoms. The third kappa shape index (κ3) is 1.29. The molecule has 1 aliphatic rings. The third-order valence-corrected chi connectivity index (χ3v) is 2.41. The predicted molar refractivity (Wildman–Crippen MR) is 54.0 cm³/mol. The van der Waals surface area contributed by atoms with Crippen molar-refractivity contribution in [1.29, 1.82) is 0 Å². The molecule has 0 spiro atoms. The summed E-state index contributed by atoms with van der Waals surface area (Å²) in [7, 11) is 0. The van der Waals surface area contributed by atoms with E-state index in [2.05, 4.69) is 0 Å². The van der Waals surface area contributed by atoms with Gasteiger partial charge in [0.15, 0.2) is 5.78 Å².